The first kappa shape index (κ1) is 14.6. The van der Waals surface area contributed by atoms with Crippen LogP contribution in [-0.2, 0) is 11.3 Å². The van der Waals surface area contributed by atoms with Gasteiger partial charge in [-0.05, 0) is 17.5 Å². The van der Waals surface area contributed by atoms with E-state index in [9.17, 15) is 4.79 Å². The Morgan fingerprint density at radius 3 is 2.75 bits per heavy atom. The molecule has 1 aromatic carbocycles. The maximum Gasteiger partial charge on any atom is 0.244 e. The van der Waals surface area contributed by atoms with Crippen molar-refractivity contribution in [2.45, 2.75) is 12.6 Å². The molecule has 0 radical (unpaired) electrons. The highest BCUT2D eigenvalue weighted by atomic mass is 32.1. The number of likely N-dealkylation sites (N-methyl/N-ethyl adjacent to an activating group) is 1. The SMILES string of the molecule is COc1ccccc1CN(C)C(=O)C(N)c1cccs1. The van der Waals surface area contributed by atoms with E-state index in [2.05, 4.69) is 0 Å². The second-order valence-electron chi connectivity index (χ2n) is 4.50. The Bertz CT molecular complexity index is 569. The van der Waals surface area contributed by atoms with Crippen molar-refractivity contribution in [1.82, 2.24) is 4.90 Å². The molecule has 1 heterocycles. The van der Waals surface area contributed by atoms with Crippen molar-refractivity contribution in [3.8, 4) is 5.75 Å². The smallest absolute Gasteiger partial charge is 0.244 e. The molecule has 1 atom stereocenters. The topological polar surface area (TPSA) is 55.6 Å². The van der Waals surface area contributed by atoms with Crippen molar-refractivity contribution >= 4 is 17.2 Å². The fourth-order valence-corrected chi connectivity index (χ4v) is 2.71. The minimum atomic E-state index is -0.602. The molecule has 2 N–H and O–H groups in total. The van der Waals surface area contributed by atoms with Crippen LogP contribution >= 0.6 is 11.3 Å². The predicted molar refractivity (Wildman–Crippen MR) is 80.7 cm³/mol. The van der Waals surface area contributed by atoms with Crippen molar-refractivity contribution < 1.29 is 9.53 Å². The average Bonchev–Trinajstić information content (AvgIpc) is 3.00. The minimum absolute atomic E-state index is 0.0987. The zero-order chi connectivity index (χ0) is 14.5. The molecule has 0 aliphatic heterocycles. The molecule has 4 nitrogen and oxygen atoms in total. The number of benzene rings is 1. The van der Waals surface area contributed by atoms with Gasteiger partial charge >= 0.3 is 0 Å². The van der Waals surface area contributed by atoms with Gasteiger partial charge in [0.2, 0.25) is 5.91 Å². The molecule has 0 saturated carbocycles. The monoisotopic (exact) mass is 290 g/mol. The van der Waals surface area contributed by atoms with Crippen LogP contribution < -0.4 is 10.5 Å². The molecular weight excluding hydrogens is 272 g/mol. The third-order valence-corrected chi connectivity index (χ3v) is 4.05. The van der Waals surface area contributed by atoms with E-state index in [4.69, 9.17) is 10.5 Å². The van der Waals surface area contributed by atoms with Crippen LogP contribution in [0.4, 0.5) is 0 Å². The van der Waals surface area contributed by atoms with E-state index in [1.165, 1.54) is 11.3 Å². The van der Waals surface area contributed by atoms with Crippen molar-refractivity contribution in [1.29, 1.82) is 0 Å². The molecular formula is C15H18N2O2S. The van der Waals surface area contributed by atoms with Crippen LogP contribution in [0.2, 0.25) is 0 Å². The Balaban J connectivity index is 2.08. The van der Waals surface area contributed by atoms with Gasteiger partial charge in [-0.2, -0.15) is 0 Å². The van der Waals surface area contributed by atoms with Crippen molar-refractivity contribution in [2.24, 2.45) is 5.73 Å². The first-order chi connectivity index (χ1) is 9.63. The summed E-state index contributed by atoms with van der Waals surface area (Å²) in [5.41, 5.74) is 6.96. The maximum atomic E-state index is 12.3. The molecule has 1 aromatic heterocycles. The van der Waals surface area contributed by atoms with Crippen molar-refractivity contribution in [3.63, 3.8) is 0 Å². The molecule has 2 aromatic rings. The second kappa shape index (κ2) is 6.54. The lowest BCUT2D eigenvalue weighted by Gasteiger charge is -2.21. The van der Waals surface area contributed by atoms with Gasteiger partial charge in [-0.3, -0.25) is 4.79 Å². The van der Waals surface area contributed by atoms with E-state index < -0.39 is 6.04 Å². The number of nitrogens with two attached hydrogens (primary N) is 1. The van der Waals surface area contributed by atoms with E-state index in [0.717, 1.165) is 16.2 Å². The molecule has 0 fully saturated rings. The van der Waals surface area contributed by atoms with Gasteiger partial charge in [-0.1, -0.05) is 24.3 Å². The van der Waals surface area contributed by atoms with Crippen LogP contribution in [0, 0.1) is 0 Å². The fourth-order valence-electron chi connectivity index (χ4n) is 1.99. The van der Waals surface area contributed by atoms with Gasteiger partial charge in [0.1, 0.15) is 11.8 Å². The van der Waals surface area contributed by atoms with Gasteiger partial charge in [0.25, 0.3) is 0 Å². The third kappa shape index (κ3) is 3.18. The van der Waals surface area contributed by atoms with Crippen LogP contribution in [0.1, 0.15) is 16.5 Å². The summed E-state index contributed by atoms with van der Waals surface area (Å²) in [5, 5.41) is 1.92. The second-order valence-corrected chi connectivity index (χ2v) is 5.48. The van der Waals surface area contributed by atoms with E-state index in [1.807, 2.05) is 41.8 Å². The summed E-state index contributed by atoms with van der Waals surface area (Å²) in [7, 11) is 3.38. The molecule has 0 aliphatic rings. The number of thiophene rings is 1. The van der Waals surface area contributed by atoms with Crippen LogP contribution in [0.25, 0.3) is 0 Å². The number of methoxy groups -OCH3 is 1. The first-order valence-corrected chi connectivity index (χ1v) is 7.17. The van der Waals surface area contributed by atoms with E-state index in [0.29, 0.717) is 6.54 Å². The van der Waals surface area contributed by atoms with Crippen molar-refractivity contribution in [3.05, 3.63) is 52.2 Å². The predicted octanol–water partition coefficient (Wildman–Crippen LogP) is 2.42. The highest BCUT2D eigenvalue weighted by Crippen LogP contribution is 2.22. The average molecular weight is 290 g/mol. The molecule has 2 rings (SSSR count). The molecule has 1 amide bonds. The third-order valence-electron chi connectivity index (χ3n) is 3.09. The highest BCUT2D eigenvalue weighted by molar-refractivity contribution is 7.10. The quantitative estimate of drug-likeness (QED) is 0.920. The Kier molecular flexibility index (Phi) is 4.76. The summed E-state index contributed by atoms with van der Waals surface area (Å²) in [6.07, 6.45) is 0. The first-order valence-electron chi connectivity index (χ1n) is 6.29. The lowest BCUT2D eigenvalue weighted by Crippen LogP contribution is -2.35. The lowest BCUT2D eigenvalue weighted by atomic mass is 10.1. The van der Waals surface area contributed by atoms with Gasteiger partial charge in [-0.25, -0.2) is 0 Å². The highest BCUT2D eigenvalue weighted by Gasteiger charge is 2.21. The van der Waals surface area contributed by atoms with Gasteiger partial charge in [-0.15, -0.1) is 11.3 Å². The number of hydrogen-bond donors (Lipinski definition) is 1. The number of carbonyl (C=O) groups excluding carboxylic acids is 1. The number of hydrogen-bond acceptors (Lipinski definition) is 4. The Hall–Kier alpha value is -1.85. The van der Waals surface area contributed by atoms with Crippen LogP contribution in [0.15, 0.2) is 41.8 Å². The minimum Gasteiger partial charge on any atom is -0.496 e. The molecule has 0 saturated heterocycles. The number of ether oxygens (including phenoxy) is 1. The summed E-state index contributed by atoms with van der Waals surface area (Å²) in [6.45, 7) is 0.474. The fraction of sp³-hybridized carbons (Fsp3) is 0.267. The molecule has 0 spiro atoms. The normalized spacial score (nSPS) is 11.9. The molecule has 20 heavy (non-hydrogen) atoms. The zero-order valence-electron chi connectivity index (χ0n) is 11.6. The van der Waals surface area contributed by atoms with E-state index in [-0.39, 0.29) is 5.91 Å². The summed E-state index contributed by atoms with van der Waals surface area (Å²) in [5.74, 6) is 0.676. The number of para-hydroxylation sites is 1. The number of amides is 1. The van der Waals surface area contributed by atoms with Gasteiger partial charge in [0.15, 0.2) is 0 Å². The van der Waals surface area contributed by atoms with Gasteiger partial charge < -0.3 is 15.4 Å². The Morgan fingerprint density at radius 1 is 1.35 bits per heavy atom. The van der Waals surface area contributed by atoms with Crippen LogP contribution in [0.3, 0.4) is 0 Å². The molecule has 106 valence electrons. The number of rotatable bonds is 5. The van der Waals surface area contributed by atoms with Gasteiger partial charge in [0, 0.05) is 24.0 Å². The zero-order valence-corrected chi connectivity index (χ0v) is 12.4. The van der Waals surface area contributed by atoms with Crippen molar-refractivity contribution in [2.75, 3.05) is 14.2 Å². The van der Waals surface area contributed by atoms with Crippen LogP contribution in [0.5, 0.6) is 5.75 Å². The van der Waals surface area contributed by atoms with Crippen LogP contribution in [-0.4, -0.2) is 25.0 Å². The number of nitrogens with zero attached hydrogens (tertiary/aromatic N) is 1. The molecule has 0 aliphatic carbocycles. The summed E-state index contributed by atoms with van der Waals surface area (Å²) in [4.78, 5) is 14.8. The summed E-state index contributed by atoms with van der Waals surface area (Å²) < 4.78 is 5.29. The van der Waals surface area contributed by atoms with Gasteiger partial charge in [0.05, 0.1) is 7.11 Å². The number of carbonyl (C=O) groups is 1. The van der Waals surface area contributed by atoms with E-state index >= 15 is 0 Å². The lowest BCUT2D eigenvalue weighted by molar-refractivity contribution is -0.131. The molecule has 0 bridgehead atoms. The maximum absolute atomic E-state index is 12.3. The summed E-state index contributed by atoms with van der Waals surface area (Å²) >= 11 is 1.49. The molecule has 1 unspecified atom stereocenters. The Morgan fingerprint density at radius 2 is 2.10 bits per heavy atom. The van der Waals surface area contributed by atoms with E-state index in [1.54, 1.807) is 19.1 Å². The Labute approximate surface area is 122 Å². The molecule has 5 heteroatoms. The standard InChI is InChI=1S/C15H18N2O2S/c1-17(10-11-6-3-4-7-12(11)19-2)15(18)14(16)13-8-5-9-20-13/h3-9,14H,10,16H2,1-2H3. The largest absolute Gasteiger partial charge is 0.496 e. The summed E-state index contributed by atoms with van der Waals surface area (Å²) in [6, 6.07) is 10.8.